The molecule has 0 spiro atoms. The second-order valence-electron chi connectivity index (χ2n) is 5.67. The van der Waals surface area contributed by atoms with Crippen LogP contribution in [0.1, 0.15) is 58.8 Å². The first kappa shape index (κ1) is 17.5. The van der Waals surface area contributed by atoms with Gasteiger partial charge < -0.3 is 15.3 Å². The van der Waals surface area contributed by atoms with Gasteiger partial charge in [0.1, 0.15) is 0 Å². The summed E-state index contributed by atoms with van der Waals surface area (Å²) in [7, 11) is 0. The number of carbonyl (C=O) groups excluding carboxylic acids is 2. The lowest BCUT2D eigenvalue weighted by atomic mass is 9.74. The Hall–Kier alpha value is -1.59. The Kier molecular flexibility index (Phi) is 6.65. The van der Waals surface area contributed by atoms with Crippen LogP contribution in [0.4, 0.5) is 0 Å². The van der Waals surface area contributed by atoms with Crippen molar-refractivity contribution >= 4 is 17.8 Å². The van der Waals surface area contributed by atoms with Crippen molar-refractivity contribution in [3.8, 4) is 0 Å². The highest BCUT2D eigenvalue weighted by atomic mass is 16.4. The predicted molar refractivity (Wildman–Crippen MR) is 78.8 cm³/mol. The molecule has 2 amide bonds. The van der Waals surface area contributed by atoms with Crippen LogP contribution in [-0.4, -0.2) is 46.4 Å². The predicted octanol–water partition coefficient (Wildman–Crippen LogP) is 1.54. The zero-order valence-corrected chi connectivity index (χ0v) is 13.0. The van der Waals surface area contributed by atoms with Crippen LogP contribution in [0.15, 0.2) is 0 Å². The van der Waals surface area contributed by atoms with Gasteiger partial charge in [-0.25, -0.2) is 0 Å². The lowest BCUT2D eigenvalue weighted by molar-refractivity contribution is -0.140. The number of carboxylic acids is 1. The van der Waals surface area contributed by atoms with Crippen LogP contribution in [0.3, 0.4) is 0 Å². The number of nitrogens with one attached hydrogen (secondary N) is 1. The van der Waals surface area contributed by atoms with E-state index in [1.807, 2.05) is 13.8 Å². The third-order valence-electron chi connectivity index (χ3n) is 4.12. The molecule has 1 saturated carbocycles. The van der Waals surface area contributed by atoms with Crippen LogP contribution in [0.25, 0.3) is 0 Å². The number of aliphatic carboxylic acids is 1. The number of hydrogen-bond donors (Lipinski definition) is 2. The van der Waals surface area contributed by atoms with Gasteiger partial charge in [0.15, 0.2) is 0 Å². The van der Waals surface area contributed by atoms with E-state index in [1.165, 1.54) is 0 Å². The molecule has 0 saturated heterocycles. The van der Waals surface area contributed by atoms with E-state index < -0.39 is 11.5 Å². The fraction of sp³-hybridized carbons (Fsp3) is 0.800. The van der Waals surface area contributed by atoms with Gasteiger partial charge in [-0.3, -0.25) is 14.4 Å². The Morgan fingerprint density at radius 2 is 1.76 bits per heavy atom. The minimum Gasteiger partial charge on any atom is -0.481 e. The molecule has 1 fully saturated rings. The van der Waals surface area contributed by atoms with E-state index in [0.29, 0.717) is 25.9 Å². The number of carbonyl (C=O) groups is 3. The van der Waals surface area contributed by atoms with Crippen molar-refractivity contribution in [3.63, 3.8) is 0 Å². The molecule has 0 aliphatic heterocycles. The molecular weight excluding hydrogens is 272 g/mol. The molecule has 0 unspecified atom stereocenters. The smallest absolute Gasteiger partial charge is 0.305 e. The molecule has 120 valence electrons. The van der Waals surface area contributed by atoms with Crippen molar-refractivity contribution < 1.29 is 19.5 Å². The van der Waals surface area contributed by atoms with E-state index in [9.17, 15) is 14.4 Å². The molecule has 0 bridgehead atoms. The van der Waals surface area contributed by atoms with E-state index in [1.54, 1.807) is 4.90 Å². The van der Waals surface area contributed by atoms with E-state index >= 15 is 0 Å². The number of hydrogen-bond acceptors (Lipinski definition) is 3. The maximum Gasteiger partial charge on any atom is 0.305 e. The Balaban J connectivity index is 2.31. The molecule has 2 N–H and O–H groups in total. The maximum absolute atomic E-state index is 11.9. The van der Waals surface area contributed by atoms with Gasteiger partial charge >= 0.3 is 5.97 Å². The summed E-state index contributed by atoms with van der Waals surface area (Å²) in [4.78, 5) is 36.3. The number of nitrogens with zero attached hydrogens (tertiary/aromatic N) is 1. The second-order valence-corrected chi connectivity index (χ2v) is 5.67. The van der Waals surface area contributed by atoms with Crippen LogP contribution < -0.4 is 5.32 Å². The normalized spacial score (nSPS) is 15.9. The molecule has 1 rings (SSSR count). The summed E-state index contributed by atoms with van der Waals surface area (Å²) >= 11 is 0. The number of carboxylic acid groups (broad SMARTS) is 1. The molecule has 1 aliphatic rings. The van der Waals surface area contributed by atoms with Gasteiger partial charge in [-0.2, -0.15) is 0 Å². The summed E-state index contributed by atoms with van der Waals surface area (Å²) in [5, 5.41) is 11.7. The van der Waals surface area contributed by atoms with Crippen molar-refractivity contribution in [1.82, 2.24) is 10.2 Å². The van der Waals surface area contributed by atoms with Crippen LogP contribution >= 0.6 is 0 Å². The molecule has 21 heavy (non-hydrogen) atoms. The zero-order chi connectivity index (χ0) is 15.9. The first-order valence-corrected chi connectivity index (χ1v) is 7.73. The fourth-order valence-electron chi connectivity index (χ4n) is 2.73. The van der Waals surface area contributed by atoms with Gasteiger partial charge in [0.2, 0.25) is 11.8 Å². The number of rotatable bonds is 9. The zero-order valence-electron chi connectivity index (χ0n) is 13.0. The van der Waals surface area contributed by atoms with E-state index in [-0.39, 0.29) is 24.7 Å². The average Bonchev–Trinajstić information content (AvgIpc) is 2.37. The largest absolute Gasteiger partial charge is 0.481 e. The third kappa shape index (κ3) is 5.36. The topological polar surface area (TPSA) is 86.7 Å². The molecule has 6 nitrogen and oxygen atoms in total. The average molecular weight is 298 g/mol. The highest BCUT2D eigenvalue weighted by Crippen LogP contribution is 2.35. The molecule has 1 aliphatic carbocycles. The SMILES string of the molecule is CCN(CC)C(=O)CCCC(=O)NC1(CC(=O)O)CCC1. The van der Waals surface area contributed by atoms with Gasteiger partial charge in [-0.15, -0.1) is 0 Å². The molecule has 0 heterocycles. The third-order valence-corrected chi connectivity index (χ3v) is 4.12. The Morgan fingerprint density at radius 1 is 1.14 bits per heavy atom. The minimum atomic E-state index is -0.883. The molecule has 0 atom stereocenters. The minimum absolute atomic E-state index is 0.0167. The second kappa shape index (κ2) is 8.00. The van der Waals surface area contributed by atoms with Crippen molar-refractivity contribution in [1.29, 1.82) is 0 Å². The highest BCUT2D eigenvalue weighted by Gasteiger charge is 2.40. The Morgan fingerprint density at radius 3 is 2.19 bits per heavy atom. The van der Waals surface area contributed by atoms with Crippen molar-refractivity contribution in [3.05, 3.63) is 0 Å². The van der Waals surface area contributed by atoms with Crippen LogP contribution in [-0.2, 0) is 14.4 Å². The molecule has 6 heteroatoms. The fourth-order valence-corrected chi connectivity index (χ4v) is 2.73. The first-order chi connectivity index (χ1) is 9.92. The maximum atomic E-state index is 11.9. The van der Waals surface area contributed by atoms with E-state index in [0.717, 1.165) is 19.3 Å². The van der Waals surface area contributed by atoms with Crippen LogP contribution in [0.2, 0.25) is 0 Å². The van der Waals surface area contributed by atoms with Crippen molar-refractivity contribution in [2.75, 3.05) is 13.1 Å². The number of amides is 2. The summed E-state index contributed by atoms with van der Waals surface area (Å²) in [5.74, 6) is -0.966. The van der Waals surface area contributed by atoms with E-state index in [2.05, 4.69) is 5.32 Å². The Labute approximate surface area is 125 Å². The summed E-state index contributed by atoms with van der Waals surface area (Å²) in [5.41, 5.74) is -0.550. The van der Waals surface area contributed by atoms with Crippen LogP contribution in [0.5, 0.6) is 0 Å². The molecule has 0 aromatic rings. The molecule has 0 aromatic heterocycles. The van der Waals surface area contributed by atoms with E-state index in [4.69, 9.17) is 5.11 Å². The standard InChI is InChI=1S/C15H26N2O4/c1-3-17(4-2)13(19)8-5-7-12(18)16-15(9-6-10-15)11-14(20)21/h3-11H2,1-2H3,(H,16,18)(H,20,21). The van der Waals surface area contributed by atoms with Crippen molar-refractivity contribution in [2.45, 2.75) is 64.3 Å². The lowest BCUT2D eigenvalue weighted by Gasteiger charge is -2.41. The van der Waals surface area contributed by atoms with Gasteiger partial charge in [-0.05, 0) is 39.5 Å². The Bertz CT molecular complexity index is 387. The monoisotopic (exact) mass is 298 g/mol. The van der Waals surface area contributed by atoms with Gasteiger partial charge in [0.05, 0.1) is 12.0 Å². The summed E-state index contributed by atoms with van der Waals surface area (Å²) in [6, 6.07) is 0. The summed E-state index contributed by atoms with van der Waals surface area (Å²) in [6.07, 6.45) is 3.53. The first-order valence-electron chi connectivity index (χ1n) is 7.73. The summed E-state index contributed by atoms with van der Waals surface area (Å²) in [6.45, 7) is 5.23. The quantitative estimate of drug-likeness (QED) is 0.676. The lowest BCUT2D eigenvalue weighted by Crippen LogP contribution is -2.54. The molecular formula is C15H26N2O4. The molecule has 0 radical (unpaired) electrons. The summed E-state index contributed by atoms with van der Waals surface area (Å²) < 4.78 is 0. The highest BCUT2D eigenvalue weighted by molar-refractivity contribution is 5.80. The van der Waals surface area contributed by atoms with Gasteiger partial charge in [0, 0.05) is 25.9 Å². The van der Waals surface area contributed by atoms with Crippen molar-refractivity contribution in [2.24, 2.45) is 0 Å². The van der Waals surface area contributed by atoms with Crippen LogP contribution in [0, 0.1) is 0 Å². The van der Waals surface area contributed by atoms with Gasteiger partial charge in [-0.1, -0.05) is 0 Å². The molecule has 0 aromatic carbocycles. The van der Waals surface area contributed by atoms with Gasteiger partial charge in [0.25, 0.3) is 0 Å².